The molecule has 0 fully saturated rings. The fraction of sp³-hybridized carbons (Fsp3) is 0.267. The normalized spacial score (nSPS) is 10.9. The number of hydrogen-bond acceptors (Lipinski definition) is 4. The van der Waals surface area contributed by atoms with Crippen molar-refractivity contribution in [2.45, 2.75) is 19.9 Å². The summed E-state index contributed by atoms with van der Waals surface area (Å²) in [6.45, 7) is 3.42. The third kappa shape index (κ3) is 2.95. The zero-order valence-electron chi connectivity index (χ0n) is 11.7. The van der Waals surface area contributed by atoms with E-state index in [9.17, 15) is 4.79 Å². The largest absolute Gasteiger partial charge is 0.352 e. The Kier molecular flexibility index (Phi) is 3.96. The van der Waals surface area contributed by atoms with Crippen molar-refractivity contribution < 1.29 is 4.79 Å². The third-order valence-corrected chi connectivity index (χ3v) is 4.25. The van der Waals surface area contributed by atoms with E-state index in [-0.39, 0.29) is 5.91 Å². The lowest BCUT2D eigenvalue weighted by Crippen LogP contribution is -2.25. The van der Waals surface area contributed by atoms with Crippen LogP contribution in [0.2, 0.25) is 0 Å². The number of thiophene rings is 1. The third-order valence-electron chi connectivity index (χ3n) is 3.31. The van der Waals surface area contributed by atoms with E-state index in [1.54, 1.807) is 17.4 Å². The van der Waals surface area contributed by atoms with Crippen LogP contribution in [0.3, 0.4) is 0 Å². The molecule has 2 aromatic heterocycles. The zero-order chi connectivity index (χ0) is 14.7. The van der Waals surface area contributed by atoms with Crippen molar-refractivity contribution in [3.8, 4) is 0 Å². The van der Waals surface area contributed by atoms with Crippen LogP contribution in [-0.4, -0.2) is 27.4 Å². The average Bonchev–Trinajstić information content (AvgIpc) is 3.15. The number of carbonyl (C=O) groups excluding carboxylic acids is 1. The Balaban J connectivity index is 1.66. The topological polar surface area (TPSA) is 59.8 Å². The van der Waals surface area contributed by atoms with Crippen LogP contribution in [0.25, 0.3) is 11.0 Å². The van der Waals surface area contributed by atoms with Gasteiger partial charge < -0.3 is 5.32 Å². The number of benzene rings is 1. The first-order valence-corrected chi connectivity index (χ1v) is 7.79. The fourth-order valence-corrected chi connectivity index (χ4v) is 2.91. The minimum atomic E-state index is -0.0699. The first-order valence-electron chi connectivity index (χ1n) is 6.91. The van der Waals surface area contributed by atoms with Gasteiger partial charge in [-0.05, 0) is 43.0 Å². The van der Waals surface area contributed by atoms with Crippen molar-refractivity contribution in [1.82, 2.24) is 20.3 Å². The van der Waals surface area contributed by atoms with Gasteiger partial charge in [0.15, 0.2) is 0 Å². The molecule has 21 heavy (non-hydrogen) atoms. The Hall–Kier alpha value is -2.21. The molecular weight excluding hydrogens is 284 g/mol. The summed E-state index contributed by atoms with van der Waals surface area (Å²) in [5.74, 6) is -0.0699. The van der Waals surface area contributed by atoms with E-state index in [4.69, 9.17) is 0 Å². The molecule has 0 aliphatic heterocycles. The first-order chi connectivity index (χ1) is 10.3. The molecule has 1 amide bonds. The van der Waals surface area contributed by atoms with E-state index in [1.165, 1.54) is 4.88 Å². The number of aryl methyl sites for hydroxylation is 1. The van der Waals surface area contributed by atoms with Gasteiger partial charge in [-0.2, -0.15) is 0 Å². The number of nitrogens with one attached hydrogen (secondary N) is 1. The zero-order valence-corrected chi connectivity index (χ0v) is 12.6. The van der Waals surface area contributed by atoms with Crippen LogP contribution < -0.4 is 5.32 Å². The Morgan fingerprint density at radius 1 is 1.38 bits per heavy atom. The highest BCUT2D eigenvalue weighted by atomic mass is 32.1. The van der Waals surface area contributed by atoms with Gasteiger partial charge in [0.2, 0.25) is 0 Å². The summed E-state index contributed by atoms with van der Waals surface area (Å²) in [4.78, 5) is 13.4. The maximum Gasteiger partial charge on any atom is 0.251 e. The number of amides is 1. The van der Waals surface area contributed by atoms with Gasteiger partial charge in [0.25, 0.3) is 5.91 Å². The molecule has 6 heteroatoms. The standard InChI is InChI=1S/C15H16N4OS/c1-2-19-14-6-5-11(10-13(14)17-18-19)15(20)16-8-7-12-4-3-9-21-12/h3-6,9-10H,2,7-8H2,1H3,(H,16,20). The van der Waals surface area contributed by atoms with Crippen LogP contribution in [0.15, 0.2) is 35.7 Å². The van der Waals surface area contributed by atoms with Crippen LogP contribution >= 0.6 is 11.3 Å². The Morgan fingerprint density at radius 2 is 2.29 bits per heavy atom. The molecule has 3 aromatic rings. The molecule has 0 bridgehead atoms. The lowest BCUT2D eigenvalue weighted by Gasteiger charge is -2.04. The van der Waals surface area contributed by atoms with Crippen LogP contribution in [0.4, 0.5) is 0 Å². The summed E-state index contributed by atoms with van der Waals surface area (Å²) >= 11 is 1.71. The monoisotopic (exact) mass is 300 g/mol. The molecule has 0 saturated carbocycles. The summed E-state index contributed by atoms with van der Waals surface area (Å²) in [6.07, 6.45) is 0.859. The summed E-state index contributed by atoms with van der Waals surface area (Å²) in [6, 6.07) is 9.60. The maximum atomic E-state index is 12.1. The summed E-state index contributed by atoms with van der Waals surface area (Å²) in [5, 5.41) is 13.1. The highest BCUT2D eigenvalue weighted by Crippen LogP contribution is 2.13. The van der Waals surface area contributed by atoms with E-state index in [0.29, 0.717) is 12.1 Å². The van der Waals surface area contributed by atoms with E-state index in [0.717, 1.165) is 24.0 Å². The van der Waals surface area contributed by atoms with Gasteiger partial charge in [0.05, 0.1) is 5.52 Å². The highest BCUT2D eigenvalue weighted by molar-refractivity contribution is 7.09. The Bertz CT molecular complexity index is 748. The number of fused-ring (bicyclic) bond motifs is 1. The molecule has 108 valence electrons. The van der Waals surface area contributed by atoms with Gasteiger partial charge in [0, 0.05) is 23.5 Å². The lowest BCUT2D eigenvalue weighted by molar-refractivity contribution is 0.0954. The minimum absolute atomic E-state index is 0.0699. The second-order valence-electron chi connectivity index (χ2n) is 4.69. The smallest absolute Gasteiger partial charge is 0.251 e. The van der Waals surface area contributed by atoms with Gasteiger partial charge in [-0.15, -0.1) is 16.4 Å². The Morgan fingerprint density at radius 3 is 3.05 bits per heavy atom. The van der Waals surface area contributed by atoms with Crippen molar-refractivity contribution in [3.63, 3.8) is 0 Å². The highest BCUT2D eigenvalue weighted by Gasteiger charge is 2.09. The van der Waals surface area contributed by atoms with Crippen molar-refractivity contribution >= 4 is 28.3 Å². The van der Waals surface area contributed by atoms with E-state index >= 15 is 0 Å². The quantitative estimate of drug-likeness (QED) is 0.787. The first kappa shape index (κ1) is 13.8. The molecule has 5 nitrogen and oxygen atoms in total. The number of aromatic nitrogens is 3. The number of hydrogen-bond donors (Lipinski definition) is 1. The van der Waals surface area contributed by atoms with Crippen LogP contribution in [0, 0.1) is 0 Å². The van der Waals surface area contributed by atoms with Crippen LogP contribution in [0.5, 0.6) is 0 Å². The predicted octanol–water partition coefficient (Wildman–Crippen LogP) is 2.49. The lowest BCUT2D eigenvalue weighted by atomic mass is 10.2. The molecule has 0 unspecified atom stereocenters. The molecule has 2 heterocycles. The second kappa shape index (κ2) is 6.05. The van der Waals surface area contributed by atoms with Gasteiger partial charge in [-0.3, -0.25) is 4.79 Å². The fourth-order valence-electron chi connectivity index (χ4n) is 2.20. The van der Waals surface area contributed by atoms with Crippen molar-refractivity contribution in [1.29, 1.82) is 0 Å². The summed E-state index contributed by atoms with van der Waals surface area (Å²) in [7, 11) is 0. The maximum absolute atomic E-state index is 12.1. The van der Waals surface area contributed by atoms with Gasteiger partial charge in [0.1, 0.15) is 5.52 Å². The van der Waals surface area contributed by atoms with E-state index in [1.807, 2.05) is 35.2 Å². The average molecular weight is 300 g/mol. The molecule has 1 aromatic carbocycles. The number of carbonyl (C=O) groups is 1. The molecule has 0 saturated heterocycles. The SMILES string of the molecule is CCn1nnc2cc(C(=O)NCCc3cccs3)ccc21. The molecule has 0 radical (unpaired) electrons. The number of rotatable bonds is 5. The molecular formula is C15H16N4OS. The molecule has 0 spiro atoms. The number of nitrogens with zero attached hydrogens (tertiary/aromatic N) is 3. The molecule has 0 aliphatic carbocycles. The predicted molar refractivity (Wildman–Crippen MR) is 83.6 cm³/mol. The summed E-state index contributed by atoms with van der Waals surface area (Å²) < 4.78 is 1.81. The molecule has 0 aliphatic rings. The van der Waals surface area contributed by atoms with Crippen LogP contribution in [-0.2, 0) is 13.0 Å². The van der Waals surface area contributed by atoms with Crippen molar-refractivity contribution in [2.75, 3.05) is 6.54 Å². The van der Waals surface area contributed by atoms with Gasteiger partial charge in [-0.1, -0.05) is 11.3 Å². The molecule has 1 N–H and O–H groups in total. The Labute approximate surface area is 126 Å². The van der Waals surface area contributed by atoms with Gasteiger partial charge in [-0.25, -0.2) is 4.68 Å². The summed E-state index contributed by atoms with van der Waals surface area (Å²) in [5.41, 5.74) is 2.33. The minimum Gasteiger partial charge on any atom is -0.352 e. The van der Waals surface area contributed by atoms with E-state index in [2.05, 4.69) is 21.7 Å². The van der Waals surface area contributed by atoms with Crippen molar-refractivity contribution in [3.05, 3.63) is 46.2 Å². The van der Waals surface area contributed by atoms with E-state index < -0.39 is 0 Å². The van der Waals surface area contributed by atoms with Crippen LogP contribution in [0.1, 0.15) is 22.2 Å². The van der Waals surface area contributed by atoms with Crippen molar-refractivity contribution in [2.24, 2.45) is 0 Å². The molecule has 0 atom stereocenters. The molecule has 3 rings (SSSR count). The second-order valence-corrected chi connectivity index (χ2v) is 5.73. The van der Waals surface area contributed by atoms with Gasteiger partial charge >= 0.3 is 0 Å².